The van der Waals surface area contributed by atoms with E-state index in [9.17, 15) is 28.2 Å². The number of aliphatic hydroxyl groups excluding tert-OH is 2. The van der Waals surface area contributed by atoms with Crippen LogP contribution in [0.5, 0.6) is 0 Å². The highest BCUT2D eigenvalue weighted by Crippen LogP contribution is 2.30. The van der Waals surface area contributed by atoms with Gasteiger partial charge in [0.25, 0.3) is 5.91 Å². The highest BCUT2D eigenvalue weighted by molar-refractivity contribution is 5.94. The summed E-state index contributed by atoms with van der Waals surface area (Å²) >= 11 is 0. The lowest BCUT2D eigenvalue weighted by Crippen LogP contribution is -2.45. The zero-order valence-electron chi connectivity index (χ0n) is 17.9. The van der Waals surface area contributed by atoms with Gasteiger partial charge in [-0.25, -0.2) is 13.2 Å². The fourth-order valence-electron chi connectivity index (χ4n) is 4.42. The van der Waals surface area contributed by atoms with E-state index in [-0.39, 0.29) is 38.4 Å². The Balaban J connectivity index is 1.75. The van der Waals surface area contributed by atoms with E-state index in [1.54, 1.807) is 0 Å². The summed E-state index contributed by atoms with van der Waals surface area (Å²) in [6.45, 7) is 0.586. The number of halogens is 3. The number of aliphatic hydroxyl groups is 2. The number of rotatable bonds is 9. The topological polar surface area (TPSA) is 64.0 Å². The molecule has 0 unspecified atom stereocenters. The van der Waals surface area contributed by atoms with Crippen molar-refractivity contribution in [2.24, 2.45) is 0 Å². The van der Waals surface area contributed by atoms with Crippen molar-refractivity contribution in [2.75, 3.05) is 32.8 Å². The molecule has 1 fully saturated rings. The number of amides is 1. The Labute approximate surface area is 186 Å². The molecule has 3 rings (SSSR count). The van der Waals surface area contributed by atoms with Gasteiger partial charge in [-0.15, -0.1) is 0 Å². The van der Waals surface area contributed by atoms with Crippen LogP contribution >= 0.6 is 0 Å². The molecular weight excluding hydrogens is 421 g/mol. The van der Waals surface area contributed by atoms with E-state index in [4.69, 9.17) is 0 Å². The molecule has 0 bridgehead atoms. The van der Waals surface area contributed by atoms with Crippen molar-refractivity contribution in [3.63, 3.8) is 0 Å². The Bertz CT molecular complexity index is 898. The monoisotopic (exact) mass is 450 g/mol. The van der Waals surface area contributed by atoms with E-state index in [0.717, 1.165) is 43.5 Å². The highest BCUT2D eigenvalue weighted by atomic mass is 19.2. The molecule has 0 saturated carbocycles. The molecule has 0 spiro atoms. The molecule has 0 aliphatic carbocycles. The van der Waals surface area contributed by atoms with Crippen molar-refractivity contribution in [1.82, 2.24) is 9.80 Å². The Morgan fingerprint density at radius 3 is 2.47 bits per heavy atom. The summed E-state index contributed by atoms with van der Waals surface area (Å²) in [7, 11) is 0. The maximum absolute atomic E-state index is 14.1. The Morgan fingerprint density at radius 2 is 1.78 bits per heavy atom. The number of carbonyl (C=O) groups excluding carboxylic acids is 1. The zero-order chi connectivity index (χ0) is 23.1. The van der Waals surface area contributed by atoms with Crippen LogP contribution in [0.15, 0.2) is 42.5 Å². The minimum atomic E-state index is -1.69. The summed E-state index contributed by atoms with van der Waals surface area (Å²) < 4.78 is 41.0. The van der Waals surface area contributed by atoms with E-state index in [0.29, 0.717) is 6.42 Å². The van der Waals surface area contributed by atoms with Crippen LogP contribution in [0.4, 0.5) is 13.2 Å². The molecule has 1 aliphatic heterocycles. The lowest BCUT2D eigenvalue weighted by molar-refractivity contribution is 0.0430. The van der Waals surface area contributed by atoms with Gasteiger partial charge in [0, 0.05) is 19.1 Å². The minimum Gasteiger partial charge on any atom is -0.395 e. The fraction of sp³-hybridized carbons (Fsp3) is 0.458. The van der Waals surface area contributed by atoms with Gasteiger partial charge in [0.1, 0.15) is 0 Å². The van der Waals surface area contributed by atoms with Gasteiger partial charge in [0.05, 0.1) is 24.8 Å². The number of piperidine rings is 1. The van der Waals surface area contributed by atoms with Crippen LogP contribution in [-0.2, 0) is 0 Å². The third-order valence-electron chi connectivity index (χ3n) is 6.09. The molecule has 1 aliphatic rings. The molecular formula is C24H29F3N2O3. The van der Waals surface area contributed by atoms with Gasteiger partial charge in [-0.3, -0.25) is 9.69 Å². The Hall–Kier alpha value is -2.42. The first-order valence-corrected chi connectivity index (χ1v) is 10.9. The average molecular weight is 451 g/mol. The molecule has 1 heterocycles. The van der Waals surface area contributed by atoms with Crippen LogP contribution < -0.4 is 0 Å². The molecule has 0 aromatic heterocycles. The number of hydrogen-bond acceptors (Lipinski definition) is 4. The molecule has 1 amide bonds. The maximum atomic E-state index is 14.1. The Kier molecular flexibility index (Phi) is 8.67. The number of hydrogen-bond donors (Lipinski definition) is 2. The van der Waals surface area contributed by atoms with Crippen LogP contribution in [0.3, 0.4) is 0 Å². The van der Waals surface area contributed by atoms with Crippen molar-refractivity contribution >= 4 is 5.91 Å². The summed E-state index contributed by atoms with van der Waals surface area (Å²) in [6, 6.07) is 11.3. The van der Waals surface area contributed by atoms with Crippen molar-refractivity contribution < 1.29 is 28.2 Å². The van der Waals surface area contributed by atoms with Crippen LogP contribution in [0, 0.1) is 17.5 Å². The molecule has 2 aromatic carbocycles. The number of carbonyl (C=O) groups is 1. The van der Waals surface area contributed by atoms with Gasteiger partial charge in [-0.2, -0.15) is 0 Å². The normalized spacial score (nSPS) is 17.8. The number of benzene rings is 2. The van der Waals surface area contributed by atoms with Crippen molar-refractivity contribution in [1.29, 1.82) is 0 Å². The number of likely N-dealkylation sites (tertiary alicyclic amines) is 1. The molecule has 0 radical (unpaired) electrons. The molecule has 2 aromatic rings. The lowest BCUT2D eigenvalue weighted by atomic mass is 9.94. The average Bonchev–Trinajstić information content (AvgIpc) is 2.82. The second kappa shape index (κ2) is 11.4. The second-order valence-corrected chi connectivity index (χ2v) is 8.02. The Morgan fingerprint density at radius 1 is 1.03 bits per heavy atom. The van der Waals surface area contributed by atoms with Crippen molar-refractivity contribution in [2.45, 2.75) is 37.8 Å². The second-order valence-electron chi connectivity index (χ2n) is 8.02. The van der Waals surface area contributed by atoms with Gasteiger partial charge in [-0.1, -0.05) is 36.8 Å². The summed E-state index contributed by atoms with van der Waals surface area (Å²) in [5.74, 6) is -5.37. The first-order valence-electron chi connectivity index (χ1n) is 10.9. The van der Waals surface area contributed by atoms with Crippen LogP contribution in [-0.4, -0.2) is 64.8 Å². The standard InChI is InChI=1S/C24H29F3N2O3/c25-20-10-9-19(22(26)23(20)27)24(32)28(14-15-30)13-11-18-8-4-5-12-29(18)21(16-31)17-6-2-1-3-7-17/h1-3,6-7,9-10,18,21,30-31H,4-5,8,11-16H2/t18-,21+/m0/s1. The predicted octanol–water partition coefficient (Wildman–Crippen LogP) is 3.52. The van der Waals surface area contributed by atoms with Crippen molar-refractivity contribution in [3.05, 3.63) is 71.0 Å². The highest BCUT2D eigenvalue weighted by Gasteiger charge is 2.31. The summed E-state index contributed by atoms with van der Waals surface area (Å²) in [6.07, 6.45) is 3.43. The van der Waals surface area contributed by atoms with Crippen LogP contribution in [0.25, 0.3) is 0 Å². The minimum absolute atomic E-state index is 0.0418. The lowest BCUT2D eigenvalue weighted by Gasteiger charge is -2.41. The molecule has 174 valence electrons. The van der Waals surface area contributed by atoms with Crippen LogP contribution in [0.2, 0.25) is 0 Å². The molecule has 1 saturated heterocycles. The largest absolute Gasteiger partial charge is 0.395 e. The smallest absolute Gasteiger partial charge is 0.257 e. The molecule has 2 atom stereocenters. The zero-order valence-corrected chi connectivity index (χ0v) is 17.9. The maximum Gasteiger partial charge on any atom is 0.257 e. The first-order chi connectivity index (χ1) is 15.5. The van der Waals surface area contributed by atoms with E-state index in [2.05, 4.69) is 4.90 Å². The van der Waals surface area contributed by atoms with Gasteiger partial charge in [0.15, 0.2) is 17.5 Å². The molecule has 5 nitrogen and oxygen atoms in total. The summed E-state index contributed by atoms with van der Waals surface area (Å²) in [4.78, 5) is 16.3. The third kappa shape index (κ3) is 5.49. The molecule has 8 heteroatoms. The van der Waals surface area contributed by atoms with Gasteiger partial charge in [0.2, 0.25) is 0 Å². The van der Waals surface area contributed by atoms with Crippen LogP contribution in [0.1, 0.15) is 47.6 Å². The quantitative estimate of drug-likeness (QED) is 0.574. The molecule has 2 N–H and O–H groups in total. The summed E-state index contributed by atoms with van der Waals surface area (Å²) in [5.41, 5.74) is 0.449. The third-order valence-corrected chi connectivity index (χ3v) is 6.09. The summed E-state index contributed by atoms with van der Waals surface area (Å²) in [5, 5.41) is 19.5. The molecule has 32 heavy (non-hydrogen) atoms. The van der Waals surface area contributed by atoms with E-state index in [1.807, 2.05) is 30.3 Å². The fourth-order valence-corrected chi connectivity index (χ4v) is 4.42. The van der Waals surface area contributed by atoms with Gasteiger partial charge >= 0.3 is 0 Å². The van der Waals surface area contributed by atoms with E-state index >= 15 is 0 Å². The number of nitrogens with zero attached hydrogens (tertiary/aromatic N) is 2. The van der Waals surface area contributed by atoms with Gasteiger partial charge in [-0.05, 0) is 43.5 Å². The first kappa shape index (κ1) is 24.2. The predicted molar refractivity (Wildman–Crippen MR) is 115 cm³/mol. The van der Waals surface area contributed by atoms with E-state index in [1.165, 1.54) is 4.90 Å². The van der Waals surface area contributed by atoms with Crippen molar-refractivity contribution in [3.8, 4) is 0 Å². The van der Waals surface area contributed by atoms with Gasteiger partial charge < -0.3 is 15.1 Å². The van der Waals surface area contributed by atoms with E-state index < -0.39 is 28.9 Å². The SMILES string of the molecule is O=C(c1ccc(F)c(F)c1F)N(CCO)CC[C@@H]1CCCCN1[C@H](CO)c1ccccc1.